The van der Waals surface area contributed by atoms with Gasteiger partial charge in [0.05, 0.1) is 17.9 Å². The van der Waals surface area contributed by atoms with Crippen molar-refractivity contribution in [3.05, 3.63) is 47.5 Å². The number of thioether (sulfide) groups is 1. The van der Waals surface area contributed by atoms with Gasteiger partial charge in [0, 0.05) is 30.2 Å². The standard InChI is InChI=1S/C19H22FN3O3S/c1-13-15(19(25)26)12-21-23(13)14-6-9-22(10-7-14)18(24)8-11-27-17-5-3-2-4-16(17)20/h2-5,12,14H,6-11H2,1H3,(H,25,26). The average molecular weight is 391 g/mol. The quantitative estimate of drug-likeness (QED) is 0.764. The van der Waals surface area contributed by atoms with Gasteiger partial charge in [-0.3, -0.25) is 9.48 Å². The van der Waals surface area contributed by atoms with Gasteiger partial charge in [-0.15, -0.1) is 11.8 Å². The number of amides is 1. The predicted octanol–water partition coefficient (Wildman–Crippen LogP) is 3.37. The van der Waals surface area contributed by atoms with Crippen LogP contribution in [0.2, 0.25) is 0 Å². The number of likely N-dealkylation sites (tertiary alicyclic amines) is 1. The number of halogens is 1. The van der Waals surface area contributed by atoms with Crippen LogP contribution >= 0.6 is 11.8 Å². The van der Waals surface area contributed by atoms with E-state index < -0.39 is 5.97 Å². The molecule has 0 atom stereocenters. The summed E-state index contributed by atoms with van der Waals surface area (Å²) in [4.78, 5) is 25.9. The molecular weight excluding hydrogens is 369 g/mol. The first-order chi connectivity index (χ1) is 13.0. The summed E-state index contributed by atoms with van der Waals surface area (Å²) in [6, 6.07) is 6.67. The van der Waals surface area contributed by atoms with E-state index >= 15 is 0 Å². The van der Waals surface area contributed by atoms with Crippen LogP contribution in [0.25, 0.3) is 0 Å². The molecule has 1 aromatic heterocycles. The number of benzene rings is 1. The van der Waals surface area contributed by atoms with Crippen molar-refractivity contribution in [3.8, 4) is 0 Å². The fourth-order valence-corrected chi connectivity index (χ4v) is 4.21. The van der Waals surface area contributed by atoms with Crippen LogP contribution in [0.1, 0.15) is 41.4 Å². The molecule has 1 N–H and O–H groups in total. The Hall–Kier alpha value is -2.35. The maximum absolute atomic E-state index is 13.6. The number of hydrogen-bond donors (Lipinski definition) is 1. The molecule has 0 bridgehead atoms. The normalized spacial score (nSPS) is 15.1. The first-order valence-corrected chi connectivity index (χ1v) is 9.88. The van der Waals surface area contributed by atoms with Gasteiger partial charge in [0.15, 0.2) is 0 Å². The minimum atomic E-state index is -0.973. The van der Waals surface area contributed by atoms with Gasteiger partial charge in [-0.05, 0) is 31.9 Å². The van der Waals surface area contributed by atoms with Crippen LogP contribution in [0, 0.1) is 12.7 Å². The molecule has 0 radical (unpaired) electrons. The van der Waals surface area contributed by atoms with E-state index in [1.807, 2.05) is 4.90 Å². The topological polar surface area (TPSA) is 75.4 Å². The van der Waals surface area contributed by atoms with Crippen molar-refractivity contribution in [1.82, 2.24) is 14.7 Å². The fourth-order valence-electron chi connectivity index (χ4n) is 3.33. The average Bonchev–Trinajstić information content (AvgIpc) is 3.05. The van der Waals surface area contributed by atoms with Gasteiger partial charge in [0.1, 0.15) is 11.4 Å². The van der Waals surface area contributed by atoms with E-state index in [9.17, 15) is 14.0 Å². The van der Waals surface area contributed by atoms with Crippen LogP contribution in [0.5, 0.6) is 0 Å². The van der Waals surface area contributed by atoms with E-state index in [4.69, 9.17) is 5.11 Å². The second-order valence-corrected chi connectivity index (χ2v) is 7.67. The zero-order valence-corrected chi connectivity index (χ0v) is 15.9. The molecule has 6 nitrogen and oxygen atoms in total. The number of carbonyl (C=O) groups is 2. The van der Waals surface area contributed by atoms with Crippen LogP contribution in [-0.4, -0.2) is 50.5 Å². The third-order valence-corrected chi connectivity index (χ3v) is 5.90. The van der Waals surface area contributed by atoms with Crippen molar-refractivity contribution in [2.24, 2.45) is 0 Å². The molecular formula is C19H22FN3O3S. The lowest BCUT2D eigenvalue weighted by Crippen LogP contribution is -2.39. The smallest absolute Gasteiger partial charge is 0.339 e. The maximum Gasteiger partial charge on any atom is 0.339 e. The highest BCUT2D eigenvalue weighted by Gasteiger charge is 2.26. The van der Waals surface area contributed by atoms with Crippen molar-refractivity contribution in [2.45, 2.75) is 37.1 Å². The van der Waals surface area contributed by atoms with E-state index in [0.717, 1.165) is 12.8 Å². The Morgan fingerprint density at radius 2 is 2.00 bits per heavy atom. The Morgan fingerprint density at radius 1 is 1.30 bits per heavy atom. The van der Waals surface area contributed by atoms with Gasteiger partial charge in [0.2, 0.25) is 5.91 Å². The first kappa shape index (κ1) is 19.4. The summed E-state index contributed by atoms with van der Waals surface area (Å²) in [5.41, 5.74) is 0.868. The Balaban J connectivity index is 1.48. The second kappa shape index (κ2) is 8.56. The zero-order valence-electron chi connectivity index (χ0n) is 15.1. The minimum Gasteiger partial charge on any atom is -0.478 e. The highest BCUT2D eigenvalue weighted by Crippen LogP contribution is 2.26. The molecule has 0 aliphatic carbocycles. The number of nitrogens with zero attached hydrogens (tertiary/aromatic N) is 3. The Labute approximate surface area is 161 Å². The summed E-state index contributed by atoms with van der Waals surface area (Å²) in [6.45, 7) is 3.00. The molecule has 1 aliphatic heterocycles. The molecule has 3 rings (SSSR count). The Bertz CT molecular complexity index is 831. The minimum absolute atomic E-state index is 0.0701. The lowest BCUT2D eigenvalue weighted by Gasteiger charge is -2.32. The molecule has 1 amide bonds. The van der Waals surface area contributed by atoms with E-state index in [0.29, 0.717) is 35.9 Å². The SMILES string of the molecule is Cc1c(C(=O)O)cnn1C1CCN(C(=O)CCSc2ccccc2F)CC1. The fraction of sp³-hybridized carbons (Fsp3) is 0.421. The number of aromatic carboxylic acids is 1. The van der Waals surface area contributed by atoms with Crippen molar-refractivity contribution in [3.63, 3.8) is 0 Å². The summed E-state index contributed by atoms with van der Waals surface area (Å²) >= 11 is 1.35. The lowest BCUT2D eigenvalue weighted by molar-refractivity contribution is -0.132. The van der Waals surface area contributed by atoms with Gasteiger partial charge in [-0.25, -0.2) is 9.18 Å². The first-order valence-electron chi connectivity index (χ1n) is 8.90. The molecule has 2 aromatic rings. The molecule has 8 heteroatoms. The maximum atomic E-state index is 13.6. The number of piperidine rings is 1. The summed E-state index contributed by atoms with van der Waals surface area (Å²) in [7, 11) is 0. The lowest BCUT2D eigenvalue weighted by atomic mass is 10.0. The van der Waals surface area contributed by atoms with Crippen molar-refractivity contribution in [2.75, 3.05) is 18.8 Å². The third kappa shape index (κ3) is 4.50. The summed E-state index contributed by atoms with van der Waals surface area (Å²) in [6.07, 6.45) is 3.24. The van der Waals surface area contributed by atoms with Crippen LogP contribution in [0.4, 0.5) is 4.39 Å². The molecule has 1 aromatic carbocycles. The van der Waals surface area contributed by atoms with Crippen LogP contribution in [0.3, 0.4) is 0 Å². The predicted molar refractivity (Wildman–Crippen MR) is 101 cm³/mol. The molecule has 0 saturated carbocycles. The van der Waals surface area contributed by atoms with Crippen molar-refractivity contribution in [1.29, 1.82) is 0 Å². The number of carboxylic acid groups (broad SMARTS) is 1. The van der Waals surface area contributed by atoms with Gasteiger partial charge in [-0.2, -0.15) is 5.10 Å². The van der Waals surface area contributed by atoms with Crippen LogP contribution in [0.15, 0.2) is 35.4 Å². The number of hydrogen-bond acceptors (Lipinski definition) is 4. The van der Waals surface area contributed by atoms with E-state index in [2.05, 4.69) is 5.10 Å². The van der Waals surface area contributed by atoms with Gasteiger partial charge >= 0.3 is 5.97 Å². The van der Waals surface area contributed by atoms with E-state index in [-0.39, 0.29) is 23.3 Å². The number of carbonyl (C=O) groups excluding carboxylic acids is 1. The molecule has 0 unspecified atom stereocenters. The van der Waals surface area contributed by atoms with Crippen molar-refractivity contribution >= 4 is 23.6 Å². The van der Waals surface area contributed by atoms with Gasteiger partial charge < -0.3 is 10.0 Å². The Morgan fingerprint density at radius 3 is 2.63 bits per heavy atom. The molecule has 0 spiro atoms. The third-order valence-electron chi connectivity index (χ3n) is 4.85. The monoisotopic (exact) mass is 391 g/mol. The van der Waals surface area contributed by atoms with E-state index in [1.165, 1.54) is 24.0 Å². The van der Waals surface area contributed by atoms with E-state index in [1.54, 1.807) is 29.8 Å². The van der Waals surface area contributed by atoms with Gasteiger partial charge in [-0.1, -0.05) is 12.1 Å². The molecule has 2 heterocycles. The van der Waals surface area contributed by atoms with Gasteiger partial charge in [0.25, 0.3) is 0 Å². The highest BCUT2D eigenvalue weighted by atomic mass is 32.2. The number of aromatic nitrogens is 2. The Kier molecular flexibility index (Phi) is 6.15. The van der Waals surface area contributed by atoms with Crippen LogP contribution < -0.4 is 0 Å². The molecule has 27 heavy (non-hydrogen) atoms. The summed E-state index contributed by atoms with van der Waals surface area (Å²) in [5.74, 6) is -0.620. The molecule has 144 valence electrons. The highest BCUT2D eigenvalue weighted by molar-refractivity contribution is 7.99. The van der Waals surface area contributed by atoms with Crippen LogP contribution in [-0.2, 0) is 4.79 Å². The summed E-state index contributed by atoms with van der Waals surface area (Å²) in [5, 5.41) is 13.4. The molecule has 1 aliphatic rings. The largest absolute Gasteiger partial charge is 0.478 e. The molecule has 1 fully saturated rings. The zero-order chi connectivity index (χ0) is 19.4. The number of carboxylic acids is 1. The summed E-state index contributed by atoms with van der Waals surface area (Å²) < 4.78 is 15.4. The van der Waals surface area contributed by atoms with Crippen molar-refractivity contribution < 1.29 is 19.1 Å². The molecule has 1 saturated heterocycles. The second-order valence-electron chi connectivity index (χ2n) is 6.53. The number of rotatable bonds is 6.